The van der Waals surface area contributed by atoms with Gasteiger partial charge < -0.3 is 0 Å². The first kappa shape index (κ1) is 26.3. The normalized spacial score (nSPS) is 13.2. The first-order valence-electron chi connectivity index (χ1n) is 8.68. The fraction of sp³-hybridized carbons (Fsp3) is 0.238. The monoisotopic (exact) mass is 492 g/mol. The Labute approximate surface area is 178 Å². The Morgan fingerprint density at radius 1 is 0.485 bits per heavy atom. The molecule has 2 aromatic carbocycles. The van der Waals surface area contributed by atoms with Gasteiger partial charge in [-0.3, -0.25) is 0 Å². The van der Waals surface area contributed by atoms with Gasteiger partial charge in [0.2, 0.25) is 0 Å². The summed E-state index contributed by atoms with van der Waals surface area (Å²) in [4.78, 5) is 0. The summed E-state index contributed by atoms with van der Waals surface area (Å²) in [5.74, 6) is 0. The van der Waals surface area contributed by atoms with Gasteiger partial charge >= 0.3 is 24.7 Å². The standard InChI is InChI=1S/C21H12F12/c1-3-12-14(18(22,23)24)6-10(7-15(12)19(25,26)27)5-11-8-16(20(28,29)30)13(4-2)17(9-11)21(31,32)33/h3-4,6-9H,1-2,5H2. The molecule has 0 aliphatic heterocycles. The number of rotatable bonds is 4. The van der Waals surface area contributed by atoms with E-state index in [1.54, 1.807) is 0 Å². The summed E-state index contributed by atoms with van der Waals surface area (Å²) in [5.41, 5.74) is -11.3. The molecule has 33 heavy (non-hydrogen) atoms. The van der Waals surface area contributed by atoms with E-state index in [4.69, 9.17) is 0 Å². The van der Waals surface area contributed by atoms with Gasteiger partial charge in [-0.05, 0) is 52.9 Å². The number of alkyl halides is 12. The maximum absolute atomic E-state index is 13.3. The molecule has 0 saturated heterocycles. The third-order valence-corrected chi connectivity index (χ3v) is 4.52. The molecule has 0 aromatic heterocycles. The molecule has 0 bridgehead atoms. The van der Waals surface area contributed by atoms with Crippen molar-refractivity contribution in [1.82, 2.24) is 0 Å². The highest BCUT2D eigenvalue weighted by Gasteiger charge is 2.42. The van der Waals surface area contributed by atoms with Gasteiger partial charge in [-0.25, -0.2) is 0 Å². The molecule has 0 unspecified atom stereocenters. The summed E-state index contributed by atoms with van der Waals surface area (Å²) in [7, 11) is 0. The van der Waals surface area contributed by atoms with Crippen LogP contribution in [-0.4, -0.2) is 0 Å². The molecule has 0 saturated carbocycles. The van der Waals surface area contributed by atoms with Crippen LogP contribution in [-0.2, 0) is 31.1 Å². The lowest BCUT2D eigenvalue weighted by atomic mass is 9.91. The van der Waals surface area contributed by atoms with Crippen molar-refractivity contribution in [3.05, 3.63) is 81.9 Å². The minimum atomic E-state index is -5.31. The smallest absolute Gasteiger partial charge is 0.166 e. The van der Waals surface area contributed by atoms with Gasteiger partial charge in [-0.2, -0.15) is 52.7 Å². The molecule has 12 heteroatoms. The second-order valence-corrected chi connectivity index (χ2v) is 6.79. The Hall–Kier alpha value is -2.92. The van der Waals surface area contributed by atoms with Gasteiger partial charge in [0.15, 0.2) is 0 Å². The van der Waals surface area contributed by atoms with Crippen LogP contribution in [0.3, 0.4) is 0 Å². The van der Waals surface area contributed by atoms with E-state index >= 15 is 0 Å². The van der Waals surface area contributed by atoms with Crippen LogP contribution >= 0.6 is 0 Å². The first-order valence-corrected chi connectivity index (χ1v) is 8.68. The Balaban J connectivity index is 2.82. The molecule has 180 valence electrons. The van der Waals surface area contributed by atoms with Crippen molar-refractivity contribution in [2.24, 2.45) is 0 Å². The fourth-order valence-electron chi connectivity index (χ4n) is 3.24. The number of halogens is 12. The zero-order valence-electron chi connectivity index (χ0n) is 16.1. The second kappa shape index (κ2) is 8.45. The molecular weight excluding hydrogens is 480 g/mol. The summed E-state index contributed by atoms with van der Waals surface area (Å²) in [6.07, 6.45) is -21.7. The number of benzene rings is 2. The predicted octanol–water partition coefficient (Wildman–Crippen LogP) is 8.64. The van der Waals surface area contributed by atoms with Gasteiger partial charge in [0, 0.05) is 0 Å². The zero-order chi connectivity index (χ0) is 25.6. The molecule has 0 aliphatic carbocycles. The molecule has 0 aliphatic rings. The molecule has 0 atom stereocenters. The Kier molecular flexibility index (Phi) is 6.75. The first-order chi connectivity index (χ1) is 14.8. The van der Waals surface area contributed by atoms with Gasteiger partial charge in [0.05, 0.1) is 22.3 Å². The van der Waals surface area contributed by atoms with Gasteiger partial charge in [-0.15, -0.1) is 0 Å². The summed E-state index contributed by atoms with van der Waals surface area (Å²) < 4.78 is 160. The SMILES string of the molecule is C=Cc1c(C(F)(F)F)cc(Cc2cc(C(F)(F)F)c(C=C)c(C(F)(F)F)c2)cc1C(F)(F)F. The van der Waals surface area contributed by atoms with Crippen LogP contribution in [0.5, 0.6) is 0 Å². The van der Waals surface area contributed by atoms with Crippen molar-refractivity contribution in [1.29, 1.82) is 0 Å². The van der Waals surface area contributed by atoms with Crippen LogP contribution < -0.4 is 0 Å². The van der Waals surface area contributed by atoms with E-state index in [9.17, 15) is 52.7 Å². The van der Waals surface area contributed by atoms with Crippen LogP contribution in [0.15, 0.2) is 37.4 Å². The highest BCUT2D eigenvalue weighted by Crippen LogP contribution is 2.43. The Morgan fingerprint density at radius 3 is 0.848 bits per heavy atom. The van der Waals surface area contributed by atoms with Crippen LogP contribution in [0.2, 0.25) is 0 Å². The molecule has 0 amide bonds. The maximum atomic E-state index is 13.3. The maximum Gasteiger partial charge on any atom is 0.417 e. The van der Waals surface area contributed by atoms with Crippen molar-refractivity contribution >= 4 is 12.2 Å². The Morgan fingerprint density at radius 2 is 0.697 bits per heavy atom. The van der Waals surface area contributed by atoms with Gasteiger partial charge in [-0.1, -0.05) is 25.3 Å². The topological polar surface area (TPSA) is 0 Å². The van der Waals surface area contributed by atoms with Crippen LogP contribution in [0.1, 0.15) is 44.5 Å². The molecule has 0 spiro atoms. The molecule has 2 aromatic rings. The highest BCUT2D eigenvalue weighted by atomic mass is 19.4. The van der Waals surface area contributed by atoms with E-state index in [0.29, 0.717) is 12.2 Å². The van der Waals surface area contributed by atoms with Crippen LogP contribution in [0, 0.1) is 0 Å². The van der Waals surface area contributed by atoms with Crippen molar-refractivity contribution in [3.63, 3.8) is 0 Å². The minimum Gasteiger partial charge on any atom is -0.166 e. The third kappa shape index (κ3) is 5.72. The molecular formula is C21H12F12. The summed E-state index contributed by atoms with van der Waals surface area (Å²) >= 11 is 0. The Bertz CT molecular complexity index is 907. The van der Waals surface area contributed by atoms with E-state index in [1.807, 2.05) is 0 Å². The summed E-state index contributed by atoms with van der Waals surface area (Å²) in [5, 5.41) is 0. The van der Waals surface area contributed by atoms with Crippen molar-refractivity contribution < 1.29 is 52.7 Å². The van der Waals surface area contributed by atoms with E-state index in [0.717, 1.165) is 0 Å². The van der Waals surface area contributed by atoms with E-state index in [1.165, 1.54) is 0 Å². The minimum absolute atomic E-state index is 0.230. The van der Waals surface area contributed by atoms with Crippen molar-refractivity contribution in [3.8, 4) is 0 Å². The molecule has 0 N–H and O–H groups in total. The highest BCUT2D eigenvalue weighted by molar-refractivity contribution is 5.62. The van der Waals surface area contributed by atoms with Crippen LogP contribution in [0.25, 0.3) is 12.2 Å². The average Bonchev–Trinajstić information content (AvgIpc) is 2.63. The lowest BCUT2D eigenvalue weighted by Gasteiger charge is -2.20. The van der Waals surface area contributed by atoms with Gasteiger partial charge in [0.25, 0.3) is 0 Å². The molecule has 0 radical (unpaired) electrons. The van der Waals surface area contributed by atoms with E-state index < -0.39 is 75.6 Å². The number of hydrogen-bond acceptors (Lipinski definition) is 0. The number of hydrogen-bond donors (Lipinski definition) is 0. The molecule has 0 nitrogen and oxygen atoms in total. The van der Waals surface area contributed by atoms with Crippen molar-refractivity contribution in [2.45, 2.75) is 31.1 Å². The van der Waals surface area contributed by atoms with E-state index in [-0.39, 0.29) is 24.3 Å². The van der Waals surface area contributed by atoms with Crippen molar-refractivity contribution in [2.75, 3.05) is 0 Å². The fourth-order valence-corrected chi connectivity index (χ4v) is 3.24. The molecule has 0 heterocycles. The lowest BCUT2D eigenvalue weighted by Crippen LogP contribution is -2.17. The predicted molar refractivity (Wildman–Crippen MR) is 95.9 cm³/mol. The third-order valence-electron chi connectivity index (χ3n) is 4.52. The van der Waals surface area contributed by atoms with E-state index in [2.05, 4.69) is 13.2 Å². The quantitative estimate of drug-likeness (QED) is 0.375. The lowest BCUT2D eigenvalue weighted by molar-refractivity contribution is -0.144. The zero-order valence-corrected chi connectivity index (χ0v) is 16.1. The summed E-state index contributed by atoms with van der Waals surface area (Å²) in [6, 6.07) is 0.921. The average molecular weight is 492 g/mol. The molecule has 0 fully saturated rings. The largest absolute Gasteiger partial charge is 0.417 e. The van der Waals surface area contributed by atoms with Gasteiger partial charge in [0.1, 0.15) is 0 Å². The molecule has 2 rings (SSSR count). The van der Waals surface area contributed by atoms with Crippen LogP contribution in [0.4, 0.5) is 52.7 Å². The second-order valence-electron chi connectivity index (χ2n) is 6.79. The summed E-state index contributed by atoms with van der Waals surface area (Å²) in [6.45, 7) is 5.86.